The molecule has 2 nitrogen and oxygen atoms in total. The minimum absolute atomic E-state index is 0.00803. The van der Waals surface area contributed by atoms with Crippen molar-refractivity contribution in [2.45, 2.75) is 52.4 Å². The summed E-state index contributed by atoms with van der Waals surface area (Å²) in [5.41, 5.74) is 2.59. The zero-order chi connectivity index (χ0) is 26.7. The van der Waals surface area contributed by atoms with E-state index in [-0.39, 0.29) is 21.7 Å². The summed E-state index contributed by atoms with van der Waals surface area (Å²) in [6.07, 6.45) is 0. The maximum atomic E-state index is 13.7. The van der Waals surface area contributed by atoms with Gasteiger partial charge in [-0.25, -0.2) is 0 Å². The van der Waals surface area contributed by atoms with Crippen LogP contribution in [0.1, 0.15) is 52.7 Å². The largest absolute Gasteiger partial charge is 0.288 e. The van der Waals surface area contributed by atoms with Crippen molar-refractivity contribution in [2.75, 3.05) is 0 Å². The van der Waals surface area contributed by atoms with Gasteiger partial charge in [0, 0.05) is 40.3 Å². The maximum absolute atomic E-state index is 13.7. The van der Waals surface area contributed by atoms with E-state index in [0.29, 0.717) is 0 Å². The molecule has 0 atom stereocenters. The van der Waals surface area contributed by atoms with E-state index in [1.807, 2.05) is 0 Å². The van der Waals surface area contributed by atoms with Crippen LogP contribution in [0.2, 0.25) is 0 Å². The predicted molar refractivity (Wildman–Crippen MR) is 173 cm³/mol. The van der Waals surface area contributed by atoms with Crippen LogP contribution in [0.15, 0.2) is 58.1 Å². The Kier molecular flexibility index (Phi) is 5.10. The van der Waals surface area contributed by atoms with Gasteiger partial charge in [-0.05, 0) is 58.4 Å². The summed E-state index contributed by atoms with van der Waals surface area (Å²) in [6.45, 7) is 13.1. The second-order valence-corrected chi connectivity index (χ2v) is 16.4. The molecule has 0 aliphatic heterocycles. The fourth-order valence-electron chi connectivity index (χ4n) is 5.13. The highest BCUT2D eigenvalue weighted by Gasteiger charge is 2.20. The molecule has 0 spiro atoms. The van der Waals surface area contributed by atoms with Crippen LogP contribution in [-0.4, -0.2) is 0 Å². The Hall–Kier alpha value is -2.64. The predicted octanol–water partition coefficient (Wildman–Crippen LogP) is 10.2. The molecule has 38 heavy (non-hydrogen) atoms. The minimum atomic E-state index is -0.00803. The Morgan fingerprint density at radius 2 is 0.816 bits per heavy atom. The molecule has 7 rings (SSSR count). The first kappa shape index (κ1) is 24.4. The summed E-state index contributed by atoms with van der Waals surface area (Å²) < 4.78 is 8.03. The standard InChI is InChI=1S/C32H26O2S4/c1-31(2,3)15-7-9-21-17(11-15)25(33)29-27(35-21)19-13-24-20(14-23(19)37-29)28-30(38-24)26(34)18-12-16(32(4,5)6)8-10-22(18)36-28/h7-14H,1-6H3. The molecule has 3 aromatic carbocycles. The lowest BCUT2D eigenvalue weighted by atomic mass is 9.86. The number of hydrogen-bond acceptors (Lipinski definition) is 6. The normalized spacial score (nSPS) is 13.2. The lowest BCUT2D eigenvalue weighted by Gasteiger charge is -2.19. The molecule has 0 saturated carbocycles. The Morgan fingerprint density at radius 1 is 0.447 bits per heavy atom. The second kappa shape index (κ2) is 7.95. The van der Waals surface area contributed by atoms with E-state index in [1.54, 1.807) is 45.3 Å². The van der Waals surface area contributed by atoms with Crippen molar-refractivity contribution < 1.29 is 0 Å². The quantitative estimate of drug-likeness (QED) is 0.182. The average Bonchev–Trinajstić information content (AvgIpc) is 3.39. The topological polar surface area (TPSA) is 34.1 Å². The lowest BCUT2D eigenvalue weighted by Crippen LogP contribution is -2.11. The van der Waals surface area contributed by atoms with Gasteiger partial charge < -0.3 is 0 Å². The van der Waals surface area contributed by atoms with Crippen molar-refractivity contribution in [2.24, 2.45) is 0 Å². The highest BCUT2D eigenvalue weighted by atomic mass is 32.1. The van der Waals surface area contributed by atoms with Gasteiger partial charge in [0.15, 0.2) is 0 Å². The Morgan fingerprint density at radius 3 is 1.18 bits per heavy atom. The van der Waals surface area contributed by atoms with Crippen LogP contribution < -0.4 is 10.9 Å². The van der Waals surface area contributed by atoms with E-state index in [1.165, 1.54) is 11.1 Å². The SMILES string of the molecule is CC(C)(C)c1ccc2sc3c(sc4cc5c(cc43)sc3c(=O)c4cc(C(C)(C)C)ccc4sc35)c(=O)c2c1. The molecule has 0 saturated heterocycles. The van der Waals surface area contributed by atoms with E-state index in [0.717, 1.165) is 59.1 Å². The molecule has 0 bridgehead atoms. The maximum Gasteiger partial charge on any atom is 0.205 e. The molecule has 7 aromatic rings. The first-order valence-corrected chi connectivity index (χ1v) is 15.9. The van der Waals surface area contributed by atoms with E-state index in [4.69, 9.17) is 0 Å². The summed E-state index contributed by atoms with van der Waals surface area (Å²) in [7, 11) is 0. The van der Waals surface area contributed by atoms with Crippen molar-refractivity contribution in [1.29, 1.82) is 0 Å². The van der Waals surface area contributed by atoms with Crippen molar-refractivity contribution in [3.63, 3.8) is 0 Å². The molecule has 4 aromatic heterocycles. The van der Waals surface area contributed by atoms with Crippen LogP contribution in [-0.2, 0) is 10.8 Å². The van der Waals surface area contributed by atoms with Crippen LogP contribution in [0.25, 0.3) is 59.1 Å². The molecule has 0 N–H and O–H groups in total. The number of thiophene rings is 2. The molecular weight excluding hydrogens is 545 g/mol. The number of benzene rings is 3. The molecule has 190 valence electrons. The summed E-state index contributed by atoms with van der Waals surface area (Å²) >= 11 is 6.57. The van der Waals surface area contributed by atoms with Gasteiger partial charge in [-0.3, -0.25) is 9.59 Å². The smallest absolute Gasteiger partial charge is 0.205 e. The van der Waals surface area contributed by atoms with Gasteiger partial charge in [-0.1, -0.05) is 53.7 Å². The van der Waals surface area contributed by atoms with Crippen LogP contribution >= 0.6 is 45.3 Å². The third kappa shape index (κ3) is 3.54. The second-order valence-electron chi connectivity index (χ2n) is 12.1. The van der Waals surface area contributed by atoms with Crippen LogP contribution in [0.4, 0.5) is 0 Å². The Labute approximate surface area is 235 Å². The van der Waals surface area contributed by atoms with E-state index < -0.39 is 0 Å². The zero-order valence-corrected chi connectivity index (χ0v) is 25.3. The third-order valence-corrected chi connectivity index (χ3v) is 12.4. The molecule has 6 heteroatoms. The summed E-state index contributed by atoms with van der Waals surface area (Å²) in [6, 6.07) is 17.1. The van der Waals surface area contributed by atoms with Gasteiger partial charge in [0.2, 0.25) is 10.9 Å². The van der Waals surface area contributed by atoms with Gasteiger partial charge in [0.05, 0.1) is 18.8 Å². The Bertz CT molecular complexity index is 2080. The summed E-state index contributed by atoms with van der Waals surface area (Å²) in [4.78, 5) is 27.3. The number of hydrogen-bond donors (Lipinski definition) is 0. The fraction of sp³-hybridized carbons (Fsp3) is 0.250. The molecule has 0 fully saturated rings. The zero-order valence-electron chi connectivity index (χ0n) is 22.1. The van der Waals surface area contributed by atoms with Crippen molar-refractivity contribution in [3.05, 3.63) is 80.1 Å². The van der Waals surface area contributed by atoms with Crippen LogP contribution in [0, 0.1) is 0 Å². The molecule has 4 heterocycles. The first-order chi connectivity index (χ1) is 17.9. The fourth-order valence-corrected chi connectivity index (χ4v) is 10.1. The van der Waals surface area contributed by atoms with Crippen LogP contribution in [0.5, 0.6) is 0 Å². The third-order valence-electron chi connectivity index (χ3n) is 7.42. The monoisotopic (exact) mass is 570 g/mol. The van der Waals surface area contributed by atoms with E-state index >= 15 is 0 Å². The van der Waals surface area contributed by atoms with Crippen LogP contribution in [0.3, 0.4) is 0 Å². The highest BCUT2D eigenvalue weighted by Crippen LogP contribution is 2.44. The first-order valence-electron chi connectivity index (χ1n) is 12.7. The Balaban J connectivity index is 1.52. The molecule has 0 unspecified atom stereocenters. The van der Waals surface area contributed by atoms with Gasteiger partial charge >= 0.3 is 0 Å². The highest BCUT2D eigenvalue weighted by molar-refractivity contribution is 7.35. The number of fused-ring (bicyclic) bond motifs is 8. The molecular formula is C32H26O2S4. The summed E-state index contributed by atoms with van der Waals surface area (Å²) in [5, 5.41) is 3.86. The van der Waals surface area contributed by atoms with E-state index in [2.05, 4.69) is 90.1 Å². The van der Waals surface area contributed by atoms with Gasteiger partial charge in [-0.15, -0.1) is 45.3 Å². The van der Waals surface area contributed by atoms with Gasteiger partial charge in [-0.2, -0.15) is 0 Å². The van der Waals surface area contributed by atoms with Crippen molar-refractivity contribution >= 4 is 104 Å². The minimum Gasteiger partial charge on any atom is -0.288 e. The molecule has 0 aliphatic rings. The van der Waals surface area contributed by atoms with Crippen molar-refractivity contribution in [1.82, 2.24) is 0 Å². The molecule has 0 amide bonds. The van der Waals surface area contributed by atoms with Gasteiger partial charge in [0.25, 0.3) is 0 Å². The van der Waals surface area contributed by atoms with Crippen molar-refractivity contribution in [3.8, 4) is 0 Å². The average molecular weight is 571 g/mol. The van der Waals surface area contributed by atoms with Gasteiger partial charge in [0.1, 0.15) is 0 Å². The lowest BCUT2D eigenvalue weighted by molar-refractivity contribution is 0.591. The number of rotatable bonds is 0. The molecule has 0 radical (unpaired) electrons. The summed E-state index contributed by atoms with van der Waals surface area (Å²) in [5.74, 6) is 0. The molecule has 0 aliphatic carbocycles. The van der Waals surface area contributed by atoms with E-state index in [9.17, 15) is 9.59 Å².